The summed E-state index contributed by atoms with van der Waals surface area (Å²) in [7, 11) is 0. The summed E-state index contributed by atoms with van der Waals surface area (Å²) in [6.07, 6.45) is 1.73. The van der Waals surface area contributed by atoms with E-state index in [4.69, 9.17) is 0 Å². The van der Waals surface area contributed by atoms with Gasteiger partial charge in [0.05, 0.1) is 0 Å². The van der Waals surface area contributed by atoms with Gasteiger partial charge in [0.15, 0.2) is 0 Å². The van der Waals surface area contributed by atoms with Crippen LogP contribution in [0.1, 0.15) is 27.7 Å². The van der Waals surface area contributed by atoms with E-state index in [1.165, 1.54) is 0 Å². The fraction of sp³-hybridized carbons (Fsp3) is 0.571. The Morgan fingerprint density at radius 2 is 2.05 bits per heavy atom. The van der Waals surface area contributed by atoms with Gasteiger partial charge in [-0.1, -0.05) is 0 Å². The van der Waals surface area contributed by atoms with Crippen molar-refractivity contribution in [1.29, 1.82) is 0 Å². The van der Waals surface area contributed by atoms with Crippen molar-refractivity contribution in [2.24, 2.45) is 0 Å². The number of aromatic nitrogens is 1. The second-order valence-electron chi connectivity index (χ2n) is 4.34. The SMILES string of the molecule is CCNc1cc(NC(C)C(=O)N(CC)CC)ccn1. The van der Waals surface area contributed by atoms with E-state index < -0.39 is 0 Å². The fourth-order valence-corrected chi connectivity index (χ4v) is 1.92. The highest BCUT2D eigenvalue weighted by Crippen LogP contribution is 2.13. The van der Waals surface area contributed by atoms with Gasteiger partial charge in [0, 0.05) is 37.6 Å². The maximum Gasteiger partial charge on any atom is 0.244 e. The van der Waals surface area contributed by atoms with E-state index in [9.17, 15) is 4.79 Å². The van der Waals surface area contributed by atoms with Crippen LogP contribution in [0.4, 0.5) is 11.5 Å². The van der Waals surface area contributed by atoms with E-state index >= 15 is 0 Å². The van der Waals surface area contributed by atoms with Crippen LogP contribution in [-0.4, -0.2) is 41.5 Å². The van der Waals surface area contributed by atoms with Gasteiger partial charge in [-0.05, 0) is 33.8 Å². The zero-order valence-electron chi connectivity index (χ0n) is 12.2. The summed E-state index contributed by atoms with van der Waals surface area (Å²) in [6.45, 7) is 10.2. The summed E-state index contributed by atoms with van der Waals surface area (Å²) in [4.78, 5) is 18.2. The number of anilines is 2. The zero-order valence-corrected chi connectivity index (χ0v) is 12.2. The minimum Gasteiger partial charge on any atom is -0.374 e. The third-order valence-electron chi connectivity index (χ3n) is 2.95. The van der Waals surface area contributed by atoms with Gasteiger partial charge in [0.25, 0.3) is 0 Å². The highest BCUT2D eigenvalue weighted by atomic mass is 16.2. The van der Waals surface area contributed by atoms with Gasteiger partial charge in [-0.3, -0.25) is 4.79 Å². The maximum atomic E-state index is 12.2. The van der Waals surface area contributed by atoms with Crippen LogP contribution in [0.15, 0.2) is 18.3 Å². The molecule has 1 heterocycles. The summed E-state index contributed by atoms with van der Waals surface area (Å²) < 4.78 is 0. The van der Waals surface area contributed by atoms with Crippen LogP contribution in [0.3, 0.4) is 0 Å². The number of hydrogen-bond acceptors (Lipinski definition) is 4. The summed E-state index contributed by atoms with van der Waals surface area (Å²) >= 11 is 0. The number of hydrogen-bond donors (Lipinski definition) is 2. The third-order valence-corrected chi connectivity index (χ3v) is 2.95. The van der Waals surface area contributed by atoms with Crippen molar-refractivity contribution in [2.75, 3.05) is 30.3 Å². The molecule has 1 aromatic rings. The Labute approximate surface area is 115 Å². The van der Waals surface area contributed by atoms with Gasteiger partial charge < -0.3 is 15.5 Å². The Morgan fingerprint density at radius 3 is 2.63 bits per heavy atom. The molecule has 0 saturated carbocycles. The first-order chi connectivity index (χ1) is 9.12. The Balaban J connectivity index is 2.68. The first kappa shape index (κ1) is 15.3. The number of pyridine rings is 1. The first-order valence-electron chi connectivity index (χ1n) is 6.87. The zero-order chi connectivity index (χ0) is 14.3. The molecule has 0 aliphatic heterocycles. The predicted molar refractivity (Wildman–Crippen MR) is 79.4 cm³/mol. The van der Waals surface area contributed by atoms with Crippen molar-refractivity contribution >= 4 is 17.4 Å². The number of amides is 1. The standard InChI is InChI=1S/C14H24N4O/c1-5-15-13-10-12(8-9-16-13)17-11(4)14(19)18(6-2)7-3/h8-11H,5-7H2,1-4H3,(H2,15,16,17). The summed E-state index contributed by atoms with van der Waals surface area (Å²) in [6, 6.07) is 3.54. The molecule has 0 saturated heterocycles. The lowest BCUT2D eigenvalue weighted by Crippen LogP contribution is -2.41. The van der Waals surface area contributed by atoms with Crippen LogP contribution in [0.25, 0.3) is 0 Å². The van der Waals surface area contributed by atoms with E-state index in [0.29, 0.717) is 0 Å². The van der Waals surface area contributed by atoms with Crippen LogP contribution < -0.4 is 10.6 Å². The lowest BCUT2D eigenvalue weighted by Gasteiger charge is -2.24. The number of likely N-dealkylation sites (N-methyl/N-ethyl adjacent to an activating group) is 1. The van der Waals surface area contributed by atoms with Gasteiger partial charge in [0.2, 0.25) is 5.91 Å². The van der Waals surface area contributed by atoms with Gasteiger partial charge in [-0.2, -0.15) is 0 Å². The van der Waals surface area contributed by atoms with E-state index in [1.807, 2.05) is 44.7 Å². The minimum atomic E-state index is -0.239. The Hall–Kier alpha value is -1.78. The van der Waals surface area contributed by atoms with Crippen LogP contribution in [0, 0.1) is 0 Å². The van der Waals surface area contributed by atoms with Gasteiger partial charge in [-0.15, -0.1) is 0 Å². The molecule has 1 aromatic heterocycles. The van der Waals surface area contributed by atoms with Crippen molar-refractivity contribution in [3.63, 3.8) is 0 Å². The Kier molecular flexibility index (Phi) is 6.12. The van der Waals surface area contributed by atoms with Gasteiger partial charge in [0.1, 0.15) is 11.9 Å². The molecule has 1 atom stereocenters. The monoisotopic (exact) mass is 264 g/mol. The highest BCUT2D eigenvalue weighted by Gasteiger charge is 2.17. The molecule has 0 fully saturated rings. The van der Waals surface area contributed by atoms with E-state index in [2.05, 4.69) is 15.6 Å². The molecule has 19 heavy (non-hydrogen) atoms. The quantitative estimate of drug-likeness (QED) is 0.792. The van der Waals surface area contributed by atoms with E-state index in [0.717, 1.165) is 31.1 Å². The average molecular weight is 264 g/mol. The maximum absolute atomic E-state index is 12.2. The normalized spacial score (nSPS) is 11.8. The predicted octanol–water partition coefficient (Wildman–Crippen LogP) is 2.18. The topological polar surface area (TPSA) is 57.3 Å². The second-order valence-corrected chi connectivity index (χ2v) is 4.34. The van der Waals surface area contributed by atoms with Crippen molar-refractivity contribution in [2.45, 2.75) is 33.7 Å². The molecule has 0 spiro atoms. The van der Waals surface area contributed by atoms with Crippen molar-refractivity contribution in [3.8, 4) is 0 Å². The number of carbonyl (C=O) groups excluding carboxylic acids is 1. The molecule has 5 heteroatoms. The molecule has 0 aliphatic carbocycles. The molecule has 0 aliphatic rings. The molecule has 5 nitrogen and oxygen atoms in total. The minimum absolute atomic E-state index is 0.117. The summed E-state index contributed by atoms with van der Waals surface area (Å²) in [5, 5.41) is 6.37. The van der Waals surface area contributed by atoms with Crippen molar-refractivity contribution < 1.29 is 4.79 Å². The Bertz CT molecular complexity index is 404. The highest BCUT2D eigenvalue weighted by molar-refractivity contribution is 5.84. The van der Waals surface area contributed by atoms with Crippen molar-refractivity contribution in [3.05, 3.63) is 18.3 Å². The molecule has 1 amide bonds. The van der Waals surface area contributed by atoms with E-state index in [1.54, 1.807) is 6.20 Å². The van der Waals surface area contributed by atoms with Crippen LogP contribution >= 0.6 is 0 Å². The number of nitrogens with zero attached hydrogens (tertiary/aromatic N) is 2. The summed E-state index contributed by atoms with van der Waals surface area (Å²) in [5.41, 5.74) is 0.902. The lowest BCUT2D eigenvalue weighted by atomic mass is 10.2. The molecule has 1 rings (SSSR count). The third kappa shape index (κ3) is 4.43. The molecule has 0 aromatic carbocycles. The van der Waals surface area contributed by atoms with Crippen LogP contribution in [-0.2, 0) is 4.79 Å². The summed E-state index contributed by atoms with van der Waals surface area (Å²) in [5.74, 6) is 0.932. The smallest absolute Gasteiger partial charge is 0.244 e. The van der Waals surface area contributed by atoms with Gasteiger partial charge >= 0.3 is 0 Å². The first-order valence-corrected chi connectivity index (χ1v) is 6.87. The average Bonchev–Trinajstić information content (AvgIpc) is 2.40. The van der Waals surface area contributed by atoms with Crippen molar-refractivity contribution in [1.82, 2.24) is 9.88 Å². The molecule has 1 unspecified atom stereocenters. The molecule has 106 valence electrons. The molecular formula is C14H24N4O. The van der Waals surface area contributed by atoms with E-state index in [-0.39, 0.29) is 11.9 Å². The Morgan fingerprint density at radius 1 is 1.37 bits per heavy atom. The number of carbonyl (C=O) groups is 1. The largest absolute Gasteiger partial charge is 0.374 e. The van der Waals surface area contributed by atoms with Gasteiger partial charge in [-0.25, -0.2) is 4.98 Å². The molecule has 0 radical (unpaired) electrons. The molecule has 2 N–H and O–H groups in total. The lowest BCUT2D eigenvalue weighted by molar-refractivity contribution is -0.131. The molecule has 0 bridgehead atoms. The number of nitrogens with one attached hydrogen (secondary N) is 2. The second kappa shape index (κ2) is 7.61. The van der Waals surface area contributed by atoms with Crippen LogP contribution in [0.2, 0.25) is 0 Å². The van der Waals surface area contributed by atoms with Crippen LogP contribution in [0.5, 0.6) is 0 Å². The number of rotatable bonds is 7. The molecular weight excluding hydrogens is 240 g/mol. The fourth-order valence-electron chi connectivity index (χ4n) is 1.92.